The van der Waals surface area contributed by atoms with Crippen LogP contribution in [0.5, 0.6) is 0 Å². The minimum absolute atomic E-state index is 0.0244. The number of benzene rings is 2. The van der Waals surface area contributed by atoms with Crippen LogP contribution in [0.15, 0.2) is 60.7 Å². The van der Waals surface area contributed by atoms with Crippen molar-refractivity contribution in [2.24, 2.45) is 0 Å². The van der Waals surface area contributed by atoms with E-state index in [0.717, 1.165) is 17.5 Å². The average Bonchev–Trinajstić information content (AvgIpc) is 2.47. The van der Waals surface area contributed by atoms with Crippen LogP contribution in [0.1, 0.15) is 36.6 Å². The van der Waals surface area contributed by atoms with Crippen LogP contribution in [0.4, 0.5) is 0 Å². The minimum atomic E-state index is -4.82. The topological polar surface area (TPSA) is 60.7 Å². The summed E-state index contributed by atoms with van der Waals surface area (Å²) < 4.78 is 0. The van der Waals surface area contributed by atoms with E-state index in [1.807, 2.05) is 67.6 Å². The molecule has 0 atom stereocenters. The first kappa shape index (κ1) is 16.1. The Hall–Kier alpha value is -1.25. The van der Waals surface area contributed by atoms with Crippen LogP contribution < -0.4 is 0 Å². The third-order valence-corrected chi connectivity index (χ3v) is 6.53. The van der Waals surface area contributed by atoms with Crippen molar-refractivity contribution in [3.05, 3.63) is 71.8 Å². The molecule has 0 bridgehead atoms. The van der Waals surface area contributed by atoms with Crippen molar-refractivity contribution >= 4 is 7.28 Å². The number of hydrogen-bond donors (Lipinski definition) is 3. The van der Waals surface area contributed by atoms with Crippen molar-refractivity contribution in [1.82, 2.24) is 0 Å². The summed E-state index contributed by atoms with van der Waals surface area (Å²) >= 11 is 0. The van der Waals surface area contributed by atoms with E-state index >= 15 is 0 Å². The molecule has 0 unspecified atom stereocenters. The number of rotatable bonds is 6. The van der Waals surface area contributed by atoms with Crippen LogP contribution in [0.2, 0.25) is 0 Å². The van der Waals surface area contributed by atoms with Gasteiger partial charge in [0.15, 0.2) is 0 Å². The van der Waals surface area contributed by atoms with Gasteiger partial charge in [0.05, 0.1) is 0 Å². The fourth-order valence-corrected chi connectivity index (χ4v) is 5.41. The van der Waals surface area contributed by atoms with Crippen molar-refractivity contribution in [3.8, 4) is 0 Å². The monoisotopic (exact) mass is 306 g/mol. The van der Waals surface area contributed by atoms with E-state index in [2.05, 4.69) is 0 Å². The Bertz CT molecular complexity index is 521. The zero-order valence-corrected chi connectivity index (χ0v) is 13.2. The molecule has 0 heterocycles. The van der Waals surface area contributed by atoms with Crippen LogP contribution in [0.3, 0.4) is 0 Å². The van der Waals surface area contributed by atoms with Crippen LogP contribution in [-0.2, 0) is 0 Å². The summed E-state index contributed by atoms with van der Waals surface area (Å²) in [5.74, 6) is 0. The maximum absolute atomic E-state index is 10.7. The van der Waals surface area contributed by atoms with Crippen molar-refractivity contribution in [2.75, 3.05) is 6.16 Å². The van der Waals surface area contributed by atoms with Crippen molar-refractivity contribution in [2.45, 2.75) is 25.4 Å². The Labute approximate surface area is 126 Å². The van der Waals surface area contributed by atoms with Gasteiger partial charge in [-0.05, 0) is 0 Å². The quantitative estimate of drug-likeness (QED) is 0.710. The molecule has 0 aromatic heterocycles. The van der Waals surface area contributed by atoms with Gasteiger partial charge in [-0.25, -0.2) is 0 Å². The molecule has 0 fully saturated rings. The summed E-state index contributed by atoms with van der Waals surface area (Å²) in [4.78, 5) is 32.2. The molecule has 2 rings (SSSR count). The molecule has 2 aromatic rings. The fourth-order valence-electron chi connectivity index (χ4n) is 2.66. The van der Waals surface area contributed by atoms with Crippen molar-refractivity contribution in [1.29, 1.82) is 0 Å². The molecule has 0 amide bonds. The van der Waals surface area contributed by atoms with E-state index in [9.17, 15) is 14.7 Å². The molecule has 3 nitrogen and oxygen atoms in total. The summed E-state index contributed by atoms with van der Waals surface area (Å²) in [6.45, 7) is 1.96. The molecular weight excluding hydrogens is 283 g/mol. The molecule has 21 heavy (non-hydrogen) atoms. The Morgan fingerprint density at radius 1 is 0.810 bits per heavy atom. The second-order valence-electron chi connectivity index (χ2n) is 5.52. The Kier molecular flexibility index (Phi) is 4.80. The molecule has 0 radical (unpaired) electrons. The van der Waals surface area contributed by atoms with Crippen LogP contribution in [0, 0.1) is 0 Å². The second-order valence-corrected chi connectivity index (χ2v) is 8.93. The third kappa shape index (κ3) is 3.90. The van der Waals surface area contributed by atoms with E-state index in [0.29, 0.717) is 6.42 Å². The molecule has 0 spiro atoms. The molecule has 0 saturated carbocycles. The number of unbranched alkanes of at least 4 members (excludes halogenated alkanes) is 1. The van der Waals surface area contributed by atoms with Gasteiger partial charge in [0.1, 0.15) is 0 Å². The van der Waals surface area contributed by atoms with E-state index in [1.165, 1.54) is 0 Å². The SMILES string of the molecule is CCCCP(O)(O)(O)C(c1ccccc1)c1ccccc1. The summed E-state index contributed by atoms with van der Waals surface area (Å²) in [5.41, 5.74) is 0.667. The third-order valence-electron chi connectivity index (χ3n) is 3.70. The van der Waals surface area contributed by atoms with Gasteiger partial charge in [-0.15, -0.1) is 0 Å². The molecule has 114 valence electrons. The summed E-state index contributed by atoms with van der Waals surface area (Å²) in [6, 6.07) is 18.4. The predicted molar refractivity (Wildman–Crippen MR) is 88.1 cm³/mol. The van der Waals surface area contributed by atoms with Crippen LogP contribution in [-0.4, -0.2) is 20.8 Å². The van der Waals surface area contributed by atoms with Gasteiger partial charge in [0, 0.05) is 0 Å². The predicted octanol–water partition coefficient (Wildman–Crippen LogP) is 3.85. The van der Waals surface area contributed by atoms with Crippen LogP contribution in [0.25, 0.3) is 0 Å². The second kappa shape index (κ2) is 6.25. The van der Waals surface area contributed by atoms with Gasteiger partial charge in [0.25, 0.3) is 0 Å². The molecule has 0 aliphatic rings. The maximum atomic E-state index is 10.7. The number of hydrogen-bond acceptors (Lipinski definition) is 3. The van der Waals surface area contributed by atoms with Gasteiger partial charge in [-0.3, -0.25) is 0 Å². The van der Waals surface area contributed by atoms with Crippen molar-refractivity contribution in [3.63, 3.8) is 0 Å². The van der Waals surface area contributed by atoms with Crippen molar-refractivity contribution < 1.29 is 14.7 Å². The fraction of sp³-hybridized carbons (Fsp3) is 0.294. The van der Waals surface area contributed by atoms with Gasteiger partial charge in [0.2, 0.25) is 0 Å². The molecular formula is C17H23O3P. The average molecular weight is 306 g/mol. The van der Waals surface area contributed by atoms with E-state index < -0.39 is 12.9 Å². The standard InChI is InChI=1S/C17H23O3P/c1-2-3-14-21(18,19,20)17(15-10-6-4-7-11-15)16-12-8-5-9-13-16/h4-13,17-20H,2-3,14H2,1H3. The Morgan fingerprint density at radius 3 is 1.62 bits per heavy atom. The summed E-state index contributed by atoms with van der Waals surface area (Å²) in [6.07, 6.45) is 1.41. The van der Waals surface area contributed by atoms with Crippen LogP contribution >= 0.6 is 7.28 Å². The molecule has 4 heteroatoms. The molecule has 0 saturated heterocycles. The van der Waals surface area contributed by atoms with E-state index in [4.69, 9.17) is 0 Å². The van der Waals surface area contributed by atoms with Gasteiger partial charge in [-0.1, -0.05) is 0 Å². The van der Waals surface area contributed by atoms with Gasteiger partial charge in [-0.2, -0.15) is 0 Å². The first-order valence-electron chi connectivity index (χ1n) is 7.28. The van der Waals surface area contributed by atoms with Gasteiger partial charge < -0.3 is 0 Å². The van der Waals surface area contributed by atoms with Gasteiger partial charge >= 0.3 is 125 Å². The zero-order valence-electron chi connectivity index (χ0n) is 12.3. The molecule has 2 aromatic carbocycles. The summed E-state index contributed by atoms with van der Waals surface area (Å²) in [5, 5.41) is 0. The molecule has 0 aliphatic heterocycles. The summed E-state index contributed by atoms with van der Waals surface area (Å²) in [7, 11) is -4.82. The van der Waals surface area contributed by atoms with E-state index in [1.54, 1.807) is 0 Å². The molecule has 0 aliphatic carbocycles. The zero-order chi connectivity index (χ0) is 15.4. The first-order chi connectivity index (χ1) is 9.92. The normalized spacial score (nSPS) is 13.9. The first-order valence-corrected chi connectivity index (χ1v) is 9.63. The van der Waals surface area contributed by atoms with E-state index in [-0.39, 0.29) is 6.16 Å². The Morgan fingerprint density at radius 2 is 1.24 bits per heavy atom. The Balaban J connectivity index is 2.51. The molecule has 3 N–H and O–H groups in total.